The Kier molecular flexibility index (Phi) is 7.02. The molecule has 4 heteroatoms. The van der Waals surface area contributed by atoms with Gasteiger partial charge in [0.25, 0.3) is 0 Å². The van der Waals surface area contributed by atoms with E-state index >= 15 is 0 Å². The Balaban J connectivity index is 1.77. The molecule has 2 aromatic carbocycles. The lowest BCUT2D eigenvalue weighted by molar-refractivity contribution is -0.147. The van der Waals surface area contributed by atoms with Crippen LogP contribution in [0.1, 0.15) is 31.4 Å². The Labute approximate surface area is 173 Å². The first kappa shape index (κ1) is 21.0. The van der Waals surface area contributed by atoms with E-state index in [9.17, 15) is 9.90 Å². The predicted molar refractivity (Wildman–Crippen MR) is 118 cm³/mol. The van der Waals surface area contributed by atoms with E-state index in [1.807, 2.05) is 48.6 Å². The van der Waals surface area contributed by atoms with Crippen molar-refractivity contribution in [3.8, 4) is 0 Å². The molecular weight excluding hydrogens is 360 g/mol. The third-order valence-electron chi connectivity index (χ3n) is 5.37. The maximum atomic E-state index is 12.4. The first-order valence-electron chi connectivity index (χ1n) is 10.2. The average Bonchev–Trinajstić information content (AvgIpc) is 2.73. The minimum absolute atomic E-state index is 0.177. The Bertz CT molecular complexity index is 859. The monoisotopic (exact) mass is 390 g/mol. The fourth-order valence-electron chi connectivity index (χ4n) is 3.78. The minimum atomic E-state index is -0.980. The molecule has 0 heterocycles. The van der Waals surface area contributed by atoms with Crippen molar-refractivity contribution in [2.24, 2.45) is 5.41 Å². The molecule has 0 saturated heterocycles. The Morgan fingerprint density at radius 2 is 1.72 bits per heavy atom. The van der Waals surface area contributed by atoms with E-state index in [-0.39, 0.29) is 12.1 Å². The Morgan fingerprint density at radius 1 is 1.07 bits per heavy atom. The van der Waals surface area contributed by atoms with Gasteiger partial charge in [-0.25, -0.2) is 0 Å². The summed E-state index contributed by atoms with van der Waals surface area (Å²) in [7, 11) is 0. The molecule has 0 radical (unpaired) electrons. The summed E-state index contributed by atoms with van der Waals surface area (Å²) in [6.07, 6.45) is 6.41. The van der Waals surface area contributed by atoms with Crippen LogP contribution in [0.4, 0.5) is 0 Å². The summed E-state index contributed by atoms with van der Waals surface area (Å²) in [6, 6.07) is 20.1. The first-order valence-corrected chi connectivity index (χ1v) is 10.2. The number of benzene rings is 2. The average molecular weight is 391 g/mol. The molecule has 0 aromatic heterocycles. The number of aliphatic carboxylic acids is 1. The van der Waals surface area contributed by atoms with Crippen LogP contribution in [0.3, 0.4) is 0 Å². The zero-order valence-electron chi connectivity index (χ0n) is 17.1. The highest BCUT2D eigenvalue weighted by atomic mass is 16.4. The third-order valence-corrected chi connectivity index (χ3v) is 5.37. The van der Waals surface area contributed by atoms with Gasteiger partial charge in [-0.15, -0.1) is 0 Å². The smallest absolute Gasteiger partial charge is 0.315 e. The molecule has 0 saturated carbocycles. The van der Waals surface area contributed by atoms with Crippen molar-refractivity contribution in [3.63, 3.8) is 0 Å². The van der Waals surface area contributed by atoms with Gasteiger partial charge in [0.05, 0.1) is 0 Å². The maximum absolute atomic E-state index is 12.4. The minimum Gasteiger partial charge on any atom is -0.481 e. The summed E-state index contributed by atoms with van der Waals surface area (Å²) in [5.41, 5.74) is 2.37. The molecule has 1 aliphatic rings. The van der Waals surface area contributed by atoms with Crippen LogP contribution < -0.4 is 10.6 Å². The SMILES string of the molecule is CC(C)NC1C=C(c2ccccc2)C=CC1(CCNCc1ccccc1)C(=O)O. The van der Waals surface area contributed by atoms with E-state index < -0.39 is 11.4 Å². The first-order chi connectivity index (χ1) is 14.0. The summed E-state index contributed by atoms with van der Waals surface area (Å²) < 4.78 is 0. The lowest BCUT2D eigenvalue weighted by Gasteiger charge is -2.38. The number of carboxylic acid groups (broad SMARTS) is 1. The molecule has 2 unspecified atom stereocenters. The predicted octanol–water partition coefficient (Wildman–Crippen LogP) is 4.26. The van der Waals surface area contributed by atoms with Crippen LogP contribution in [0.25, 0.3) is 5.57 Å². The van der Waals surface area contributed by atoms with Gasteiger partial charge in [0.1, 0.15) is 5.41 Å². The Morgan fingerprint density at radius 3 is 2.34 bits per heavy atom. The highest BCUT2D eigenvalue weighted by molar-refractivity contribution is 5.85. The highest BCUT2D eigenvalue weighted by Gasteiger charge is 2.44. The topological polar surface area (TPSA) is 61.4 Å². The van der Waals surface area contributed by atoms with Gasteiger partial charge in [-0.3, -0.25) is 4.79 Å². The van der Waals surface area contributed by atoms with Gasteiger partial charge >= 0.3 is 5.97 Å². The molecule has 2 aromatic rings. The molecule has 0 aliphatic heterocycles. The van der Waals surface area contributed by atoms with Gasteiger partial charge in [0.15, 0.2) is 0 Å². The van der Waals surface area contributed by atoms with E-state index in [0.717, 1.165) is 17.7 Å². The van der Waals surface area contributed by atoms with Gasteiger partial charge in [0.2, 0.25) is 0 Å². The molecule has 0 amide bonds. The van der Waals surface area contributed by atoms with E-state index in [4.69, 9.17) is 0 Å². The van der Waals surface area contributed by atoms with Crippen molar-refractivity contribution in [1.29, 1.82) is 0 Å². The van der Waals surface area contributed by atoms with Gasteiger partial charge < -0.3 is 15.7 Å². The maximum Gasteiger partial charge on any atom is 0.315 e. The molecule has 3 rings (SSSR count). The van der Waals surface area contributed by atoms with Crippen molar-refractivity contribution >= 4 is 11.5 Å². The van der Waals surface area contributed by atoms with E-state index in [2.05, 4.69) is 54.8 Å². The summed E-state index contributed by atoms with van der Waals surface area (Å²) in [5.74, 6) is -0.795. The van der Waals surface area contributed by atoms with Gasteiger partial charge in [-0.1, -0.05) is 92.7 Å². The lowest BCUT2D eigenvalue weighted by atomic mass is 9.72. The van der Waals surface area contributed by atoms with Crippen LogP contribution in [-0.2, 0) is 11.3 Å². The summed E-state index contributed by atoms with van der Waals surface area (Å²) in [4.78, 5) is 12.4. The zero-order chi connectivity index (χ0) is 20.7. The molecule has 29 heavy (non-hydrogen) atoms. The second kappa shape index (κ2) is 9.68. The van der Waals surface area contributed by atoms with Crippen molar-refractivity contribution in [3.05, 3.63) is 90.0 Å². The summed E-state index contributed by atoms with van der Waals surface area (Å²) in [5, 5.41) is 17.1. The van der Waals surface area contributed by atoms with Gasteiger partial charge in [-0.2, -0.15) is 0 Å². The molecule has 0 bridgehead atoms. The third kappa shape index (κ3) is 5.22. The summed E-state index contributed by atoms with van der Waals surface area (Å²) in [6.45, 7) is 5.45. The number of carbonyl (C=O) groups is 1. The number of allylic oxidation sites excluding steroid dienone is 2. The second-order valence-electron chi connectivity index (χ2n) is 7.88. The van der Waals surface area contributed by atoms with Crippen LogP contribution >= 0.6 is 0 Å². The van der Waals surface area contributed by atoms with E-state index in [1.165, 1.54) is 5.56 Å². The van der Waals surface area contributed by atoms with Crippen molar-refractivity contribution in [2.45, 2.75) is 38.9 Å². The molecule has 1 aliphatic carbocycles. The number of hydrogen-bond donors (Lipinski definition) is 3. The van der Waals surface area contributed by atoms with Crippen LogP contribution in [-0.4, -0.2) is 29.7 Å². The van der Waals surface area contributed by atoms with E-state index in [1.54, 1.807) is 0 Å². The standard InChI is InChI=1S/C25H30N2O2/c1-19(2)27-23-17-22(21-11-7-4-8-12-21)13-14-25(23,24(28)29)15-16-26-18-20-9-5-3-6-10-20/h3-14,17,19,23,26-27H,15-16,18H2,1-2H3,(H,28,29). The quantitative estimate of drug-likeness (QED) is 0.560. The number of carboxylic acids is 1. The molecular formula is C25H30N2O2. The highest BCUT2D eigenvalue weighted by Crippen LogP contribution is 2.37. The van der Waals surface area contributed by atoms with Gasteiger partial charge in [0, 0.05) is 18.6 Å². The molecule has 0 spiro atoms. The molecule has 4 nitrogen and oxygen atoms in total. The number of nitrogens with one attached hydrogen (secondary N) is 2. The van der Waals surface area contributed by atoms with Crippen LogP contribution in [0.2, 0.25) is 0 Å². The second-order valence-corrected chi connectivity index (χ2v) is 7.88. The fraction of sp³-hybridized carbons (Fsp3) is 0.320. The van der Waals surface area contributed by atoms with Gasteiger partial charge in [-0.05, 0) is 29.7 Å². The van der Waals surface area contributed by atoms with Crippen molar-refractivity contribution in [2.75, 3.05) is 6.54 Å². The van der Waals surface area contributed by atoms with E-state index in [0.29, 0.717) is 13.0 Å². The normalized spacial score (nSPS) is 21.2. The molecule has 0 fully saturated rings. The van der Waals surface area contributed by atoms with Crippen LogP contribution in [0.5, 0.6) is 0 Å². The zero-order valence-corrected chi connectivity index (χ0v) is 17.1. The number of hydrogen-bond acceptors (Lipinski definition) is 3. The molecule has 2 atom stereocenters. The number of rotatable bonds is 9. The van der Waals surface area contributed by atoms with Crippen molar-refractivity contribution < 1.29 is 9.90 Å². The molecule has 152 valence electrons. The Hall–Kier alpha value is -2.69. The van der Waals surface area contributed by atoms with Crippen LogP contribution in [0, 0.1) is 5.41 Å². The van der Waals surface area contributed by atoms with Crippen molar-refractivity contribution in [1.82, 2.24) is 10.6 Å². The largest absolute Gasteiger partial charge is 0.481 e. The molecule has 3 N–H and O–H groups in total. The summed E-state index contributed by atoms with van der Waals surface area (Å²) >= 11 is 0. The fourth-order valence-corrected chi connectivity index (χ4v) is 3.78. The van der Waals surface area contributed by atoms with Crippen LogP contribution in [0.15, 0.2) is 78.9 Å². The lowest BCUT2D eigenvalue weighted by Crippen LogP contribution is -2.52.